The highest BCUT2D eigenvalue weighted by Crippen LogP contribution is 2.37. The summed E-state index contributed by atoms with van der Waals surface area (Å²) >= 11 is 0. The maximum absolute atomic E-state index is 10.8. The van der Waals surface area contributed by atoms with E-state index >= 15 is 0 Å². The lowest BCUT2D eigenvalue weighted by atomic mass is 10.0. The summed E-state index contributed by atoms with van der Waals surface area (Å²) in [6, 6.07) is 3.87. The van der Waals surface area contributed by atoms with Crippen LogP contribution in [0, 0.1) is 13.8 Å². The minimum absolute atomic E-state index is 0.220. The topological polar surface area (TPSA) is 26.3 Å². The summed E-state index contributed by atoms with van der Waals surface area (Å²) in [6.45, 7) is 16.0. The number of carbonyl (C=O) groups is 1. The fourth-order valence-corrected chi connectivity index (χ4v) is 2.73. The third kappa shape index (κ3) is 3.77. The molecule has 0 unspecified atom stereocenters. The highest BCUT2D eigenvalue weighted by atomic mass is 28.4. The summed E-state index contributed by atoms with van der Waals surface area (Å²) < 4.78 is 6.27. The first kappa shape index (κ1) is 16.1. The lowest BCUT2D eigenvalue weighted by Crippen LogP contribution is -2.40. The van der Waals surface area contributed by atoms with Gasteiger partial charge in [-0.3, -0.25) is 4.79 Å². The summed E-state index contributed by atoms with van der Waals surface area (Å²) in [5.74, 6) is 0. The summed E-state index contributed by atoms with van der Waals surface area (Å²) in [4.78, 5) is 10.8. The van der Waals surface area contributed by atoms with Gasteiger partial charge in [0, 0.05) is 5.56 Å². The third-order valence-corrected chi connectivity index (χ3v) is 8.72. The number of hydrogen-bond donors (Lipinski definition) is 0. The molecule has 0 spiro atoms. The van der Waals surface area contributed by atoms with Gasteiger partial charge in [0.25, 0.3) is 0 Å². The van der Waals surface area contributed by atoms with Crippen molar-refractivity contribution >= 4 is 14.6 Å². The Morgan fingerprint density at radius 2 is 1.63 bits per heavy atom. The van der Waals surface area contributed by atoms with Crippen molar-refractivity contribution in [2.24, 2.45) is 0 Å². The largest absolute Gasteiger partial charge is 0.413 e. The van der Waals surface area contributed by atoms with Crippen LogP contribution >= 0.6 is 0 Å². The molecule has 0 bridgehead atoms. The monoisotopic (exact) mass is 278 g/mol. The first-order valence-electron chi connectivity index (χ1n) is 6.78. The molecule has 2 nitrogen and oxygen atoms in total. The smallest absolute Gasteiger partial charge is 0.192 e. The van der Waals surface area contributed by atoms with Gasteiger partial charge in [-0.1, -0.05) is 20.8 Å². The zero-order valence-corrected chi connectivity index (χ0v) is 14.3. The average Bonchev–Trinajstić information content (AvgIpc) is 2.25. The number of hydrogen-bond acceptors (Lipinski definition) is 2. The average molecular weight is 278 g/mol. The normalized spacial score (nSPS) is 12.6. The van der Waals surface area contributed by atoms with Gasteiger partial charge in [0.2, 0.25) is 0 Å². The van der Waals surface area contributed by atoms with Crippen molar-refractivity contribution < 1.29 is 9.22 Å². The van der Waals surface area contributed by atoms with Crippen LogP contribution in [-0.4, -0.2) is 14.6 Å². The Balaban J connectivity index is 2.93. The molecule has 0 amide bonds. The van der Waals surface area contributed by atoms with E-state index in [0.717, 1.165) is 23.0 Å². The molecular formula is C16H26O2Si. The maximum atomic E-state index is 10.8. The molecule has 1 rings (SSSR count). The van der Waals surface area contributed by atoms with Crippen molar-refractivity contribution in [3.8, 4) is 0 Å². The molecule has 0 saturated heterocycles. The predicted octanol–water partition coefficient (Wildman–Crippen LogP) is 4.64. The molecule has 1 aromatic carbocycles. The zero-order valence-electron chi connectivity index (χ0n) is 13.3. The van der Waals surface area contributed by atoms with Crippen LogP contribution in [0.25, 0.3) is 0 Å². The highest BCUT2D eigenvalue weighted by Gasteiger charge is 2.37. The SMILES string of the molecule is Cc1cc(C=O)cc(C)c1CO[Si](C)(C)C(C)(C)C. The highest BCUT2D eigenvalue weighted by molar-refractivity contribution is 6.74. The van der Waals surface area contributed by atoms with Crippen molar-refractivity contribution in [2.75, 3.05) is 0 Å². The van der Waals surface area contributed by atoms with E-state index in [1.165, 1.54) is 5.56 Å². The van der Waals surface area contributed by atoms with E-state index in [4.69, 9.17) is 4.43 Å². The Labute approximate surface area is 118 Å². The lowest BCUT2D eigenvalue weighted by molar-refractivity contribution is 0.112. The van der Waals surface area contributed by atoms with E-state index in [1.807, 2.05) is 26.0 Å². The number of aryl methyl sites for hydroxylation is 2. The van der Waals surface area contributed by atoms with E-state index in [9.17, 15) is 4.79 Å². The van der Waals surface area contributed by atoms with Crippen LogP contribution in [0.2, 0.25) is 18.1 Å². The molecule has 0 radical (unpaired) electrons. The molecule has 3 heteroatoms. The van der Waals surface area contributed by atoms with Crippen LogP contribution in [0.15, 0.2) is 12.1 Å². The quantitative estimate of drug-likeness (QED) is 0.592. The fourth-order valence-electron chi connectivity index (χ4n) is 1.79. The van der Waals surface area contributed by atoms with E-state index in [1.54, 1.807) is 0 Å². The second-order valence-corrected chi connectivity index (χ2v) is 11.6. The standard InChI is InChI=1S/C16H26O2Si/c1-12-8-14(10-17)9-13(2)15(12)11-18-19(6,7)16(3,4)5/h8-10H,11H2,1-7H3. The van der Waals surface area contributed by atoms with Crippen LogP contribution in [0.4, 0.5) is 0 Å². The second-order valence-electron chi connectivity index (χ2n) is 6.80. The number of aldehydes is 1. The predicted molar refractivity (Wildman–Crippen MR) is 83.3 cm³/mol. The second kappa shape index (κ2) is 5.59. The van der Waals surface area contributed by atoms with Gasteiger partial charge >= 0.3 is 0 Å². The van der Waals surface area contributed by atoms with Crippen molar-refractivity contribution in [1.82, 2.24) is 0 Å². The van der Waals surface area contributed by atoms with Gasteiger partial charge in [-0.25, -0.2) is 0 Å². The molecule has 0 aliphatic heterocycles. The first-order valence-corrected chi connectivity index (χ1v) is 9.68. The summed E-state index contributed by atoms with van der Waals surface area (Å²) in [5.41, 5.74) is 4.24. The van der Waals surface area contributed by atoms with Crippen LogP contribution in [0.5, 0.6) is 0 Å². The molecule has 0 saturated carbocycles. The Hall–Kier alpha value is -0.933. The molecule has 106 valence electrons. The molecule has 0 aromatic heterocycles. The molecule has 0 atom stereocenters. The maximum Gasteiger partial charge on any atom is 0.192 e. The minimum Gasteiger partial charge on any atom is -0.413 e. The Kier molecular flexibility index (Phi) is 4.75. The molecule has 19 heavy (non-hydrogen) atoms. The molecule has 0 aliphatic carbocycles. The van der Waals surface area contributed by atoms with Crippen LogP contribution in [0.3, 0.4) is 0 Å². The molecule has 0 N–H and O–H groups in total. The summed E-state index contributed by atoms with van der Waals surface area (Å²) in [5, 5.41) is 0.220. The van der Waals surface area contributed by atoms with Crippen molar-refractivity contribution in [2.45, 2.75) is 59.4 Å². The summed E-state index contributed by atoms with van der Waals surface area (Å²) in [7, 11) is -1.72. The number of benzene rings is 1. The van der Waals surface area contributed by atoms with Crippen LogP contribution in [0.1, 0.15) is 47.8 Å². The van der Waals surface area contributed by atoms with Gasteiger partial charge in [-0.2, -0.15) is 0 Å². The van der Waals surface area contributed by atoms with Crippen LogP contribution in [-0.2, 0) is 11.0 Å². The molecule has 0 heterocycles. The van der Waals surface area contributed by atoms with E-state index < -0.39 is 8.32 Å². The van der Waals surface area contributed by atoms with E-state index in [2.05, 4.69) is 33.9 Å². The van der Waals surface area contributed by atoms with E-state index in [-0.39, 0.29) is 5.04 Å². The third-order valence-electron chi connectivity index (χ3n) is 4.24. The van der Waals surface area contributed by atoms with Gasteiger partial charge < -0.3 is 4.43 Å². The number of rotatable bonds is 4. The van der Waals surface area contributed by atoms with Crippen molar-refractivity contribution in [3.63, 3.8) is 0 Å². The van der Waals surface area contributed by atoms with Gasteiger partial charge in [0.05, 0.1) is 6.61 Å². The number of carbonyl (C=O) groups excluding carboxylic acids is 1. The minimum atomic E-state index is -1.72. The van der Waals surface area contributed by atoms with Crippen LogP contribution < -0.4 is 0 Å². The van der Waals surface area contributed by atoms with Gasteiger partial charge in [-0.15, -0.1) is 0 Å². The lowest BCUT2D eigenvalue weighted by Gasteiger charge is -2.36. The Morgan fingerprint density at radius 3 is 2.00 bits per heavy atom. The molecule has 0 fully saturated rings. The van der Waals surface area contributed by atoms with Gasteiger partial charge in [-0.05, 0) is 60.8 Å². The molecule has 0 aliphatic rings. The zero-order chi connectivity index (χ0) is 14.8. The van der Waals surface area contributed by atoms with Gasteiger partial charge in [0.1, 0.15) is 6.29 Å². The Bertz CT molecular complexity index is 447. The van der Waals surface area contributed by atoms with Crippen molar-refractivity contribution in [1.29, 1.82) is 0 Å². The summed E-state index contributed by atoms with van der Waals surface area (Å²) in [6.07, 6.45) is 0.901. The van der Waals surface area contributed by atoms with E-state index in [0.29, 0.717) is 6.61 Å². The Morgan fingerprint density at radius 1 is 1.16 bits per heavy atom. The molecular weight excluding hydrogens is 252 g/mol. The van der Waals surface area contributed by atoms with Crippen molar-refractivity contribution in [3.05, 3.63) is 34.4 Å². The molecule has 1 aromatic rings. The first-order chi connectivity index (χ1) is 8.58. The fraction of sp³-hybridized carbons (Fsp3) is 0.562. The van der Waals surface area contributed by atoms with Gasteiger partial charge in [0.15, 0.2) is 8.32 Å².